The molecule has 7 heteroatoms. The smallest absolute Gasteiger partial charge is 0.251 e. The number of hydrogen-bond donors (Lipinski definition) is 3. The first-order valence-electron chi connectivity index (χ1n) is 10.0. The van der Waals surface area contributed by atoms with Crippen molar-refractivity contribution in [2.75, 3.05) is 33.2 Å². The second-order valence-corrected chi connectivity index (χ2v) is 7.69. The van der Waals surface area contributed by atoms with Crippen molar-refractivity contribution in [3.8, 4) is 0 Å². The van der Waals surface area contributed by atoms with Gasteiger partial charge < -0.3 is 16.0 Å². The molecule has 0 radical (unpaired) electrons. The van der Waals surface area contributed by atoms with Gasteiger partial charge in [0.1, 0.15) is 0 Å². The van der Waals surface area contributed by atoms with Crippen molar-refractivity contribution in [2.45, 2.75) is 52.1 Å². The monoisotopic (exact) mass is 501 g/mol. The predicted octanol–water partition coefficient (Wildman–Crippen LogP) is 2.98. The summed E-state index contributed by atoms with van der Waals surface area (Å²) in [6.07, 6.45) is 3.93. The van der Waals surface area contributed by atoms with Crippen molar-refractivity contribution in [2.24, 2.45) is 4.99 Å². The molecule has 0 spiro atoms. The van der Waals surface area contributed by atoms with Gasteiger partial charge in [0, 0.05) is 31.2 Å². The summed E-state index contributed by atoms with van der Waals surface area (Å²) in [6.45, 7) is 11.2. The topological polar surface area (TPSA) is 68.8 Å². The van der Waals surface area contributed by atoms with Gasteiger partial charge in [-0.05, 0) is 64.4 Å². The minimum Gasteiger partial charge on any atom is -0.357 e. The van der Waals surface area contributed by atoms with Crippen LogP contribution in [-0.2, 0) is 6.54 Å². The number of benzene rings is 1. The number of hydrogen-bond acceptors (Lipinski definition) is 3. The van der Waals surface area contributed by atoms with Crippen LogP contribution in [0.4, 0.5) is 0 Å². The van der Waals surface area contributed by atoms with Crippen LogP contribution >= 0.6 is 24.0 Å². The second-order valence-electron chi connectivity index (χ2n) is 7.69. The third-order valence-corrected chi connectivity index (χ3v) is 5.08. The first kappa shape index (κ1) is 24.7. The van der Waals surface area contributed by atoms with Gasteiger partial charge in [0.15, 0.2) is 5.96 Å². The number of carbonyl (C=O) groups excluding carboxylic acids is 1. The summed E-state index contributed by atoms with van der Waals surface area (Å²) in [7, 11) is 1.64. The Balaban J connectivity index is 0.00000392. The lowest BCUT2D eigenvalue weighted by Crippen LogP contribution is -2.54. The van der Waals surface area contributed by atoms with Crippen molar-refractivity contribution in [3.63, 3.8) is 0 Å². The van der Waals surface area contributed by atoms with E-state index in [-0.39, 0.29) is 35.4 Å². The average Bonchev–Trinajstić information content (AvgIpc) is 2.70. The molecular formula is C21H36IN5O. The molecule has 1 heterocycles. The number of aliphatic imine (C=N–C) groups is 1. The average molecular weight is 501 g/mol. The molecule has 0 unspecified atom stereocenters. The fourth-order valence-electron chi connectivity index (χ4n) is 3.38. The molecule has 0 aliphatic carbocycles. The van der Waals surface area contributed by atoms with E-state index in [0.29, 0.717) is 12.1 Å². The van der Waals surface area contributed by atoms with Crippen LogP contribution in [0.2, 0.25) is 0 Å². The van der Waals surface area contributed by atoms with Crippen LogP contribution in [0, 0.1) is 0 Å². The molecule has 1 aromatic rings. The van der Waals surface area contributed by atoms with Gasteiger partial charge in [-0.15, -0.1) is 24.0 Å². The van der Waals surface area contributed by atoms with E-state index >= 15 is 0 Å². The standard InChI is InChI=1S/C21H35N5O.HI/c1-5-23-20(25-16-21(2,3)26-12-7-6-8-13-26)24-15-17-10-9-11-18(14-17)19(27)22-4;/h9-11,14H,5-8,12-13,15-16H2,1-4H3,(H,22,27)(H2,23,24,25);1H. The number of rotatable bonds is 7. The lowest BCUT2D eigenvalue weighted by molar-refractivity contribution is 0.0962. The Morgan fingerprint density at radius 3 is 2.54 bits per heavy atom. The minimum absolute atomic E-state index is 0. The van der Waals surface area contributed by atoms with E-state index in [9.17, 15) is 4.79 Å². The van der Waals surface area contributed by atoms with Crippen LogP contribution in [0.1, 0.15) is 56.0 Å². The zero-order valence-corrected chi connectivity index (χ0v) is 20.0. The molecule has 158 valence electrons. The zero-order valence-electron chi connectivity index (χ0n) is 17.7. The van der Waals surface area contributed by atoms with Crippen LogP contribution in [-0.4, -0.2) is 55.5 Å². The third kappa shape index (κ3) is 7.58. The Bertz CT molecular complexity index is 641. The molecule has 0 atom stereocenters. The fraction of sp³-hybridized carbons (Fsp3) is 0.619. The quantitative estimate of drug-likeness (QED) is 0.305. The van der Waals surface area contributed by atoms with Crippen LogP contribution in [0.15, 0.2) is 29.3 Å². The van der Waals surface area contributed by atoms with Gasteiger partial charge in [-0.1, -0.05) is 18.6 Å². The van der Waals surface area contributed by atoms with Crippen LogP contribution < -0.4 is 16.0 Å². The van der Waals surface area contributed by atoms with E-state index in [0.717, 1.165) is 24.6 Å². The number of nitrogens with zero attached hydrogens (tertiary/aromatic N) is 2. The van der Waals surface area contributed by atoms with Crippen molar-refractivity contribution in [1.29, 1.82) is 0 Å². The molecule has 28 heavy (non-hydrogen) atoms. The Morgan fingerprint density at radius 2 is 1.89 bits per heavy atom. The number of nitrogens with one attached hydrogen (secondary N) is 3. The largest absolute Gasteiger partial charge is 0.357 e. The summed E-state index contributed by atoms with van der Waals surface area (Å²) in [5, 5.41) is 9.47. The molecule has 1 aliphatic heterocycles. The van der Waals surface area contributed by atoms with Crippen molar-refractivity contribution in [3.05, 3.63) is 35.4 Å². The predicted molar refractivity (Wildman–Crippen MR) is 128 cm³/mol. The highest BCUT2D eigenvalue weighted by molar-refractivity contribution is 14.0. The summed E-state index contributed by atoms with van der Waals surface area (Å²) in [4.78, 5) is 19.1. The molecular weight excluding hydrogens is 465 g/mol. The van der Waals surface area contributed by atoms with E-state index in [1.807, 2.05) is 24.3 Å². The lowest BCUT2D eigenvalue weighted by atomic mass is 9.98. The van der Waals surface area contributed by atoms with Gasteiger partial charge in [-0.2, -0.15) is 0 Å². The van der Waals surface area contributed by atoms with E-state index in [2.05, 4.69) is 41.6 Å². The Kier molecular flexibility index (Phi) is 10.8. The lowest BCUT2D eigenvalue weighted by Gasteiger charge is -2.41. The van der Waals surface area contributed by atoms with Crippen molar-refractivity contribution >= 4 is 35.8 Å². The molecule has 1 fully saturated rings. The Morgan fingerprint density at radius 1 is 1.18 bits per heavy atom. The molecule has 1 amide bonds. The number of amides is 1. The number of guanidine groups is 1. The molecule has 0 saturated carbocycles. The van der Waals surface area contributed by atoms with E-state index in [1.165, 1.54) is 32.4 Å². The van der Waals surface area contributed by atoms with Gasteiger partial charge >= 0.3 is 0 Å². The van der Waals surface area contributed by atoms with E-state index < -0.39 is 0 Å². The number of carbonyl (C=O) groups is 1. The first-order valence-corrected chi connectivity index (χ1v) is 10.0. The third-order valence-electron chi connectivity index (χ3n) is 5.08. The molecule has 0 aromatic heterocycles. The zero-order chi connectivity index (χ0) is 19.7. The highest BCUT2D eigenvalue weighted by Crippen LogP contribution is 2.19. The summed E-state index contributed by atoms with van der Waals surface area (Å²) in [5.41, 5.74) is 1.77. The Labute approximate surface area is 187 Å². The SMILES string of the molecule is CCNC(=NCc1cccc(C(=O)NC)c1)NCC(C)(C)N1CCCCC1.I. The van der Waals surface area contributed by atoms with Gasteiger partial charge in [-0.3, -0.25) is 9.69 Å². The van der Waals surface area contributed by atoms with Gasteiger partial charge in [0.05, 0.1) is 6.54 Å². The van der Waals surface area contributed by atoms with E-state index in [4.69, 9.17) is 4.99 Å². The van der Waals surface area contributed by atoms with Gasteiger partial charge in [0.2, 0.25) is 0 Å². The number of halogens is 1. The molecule has 6 nitrogen and oxygen atoms in total. The number of likely N-dealkylation sites (tertiary alicyclic amines) is 1. The van der Waals surface area contributed by atoms with Gasteiger partial charge in [0.25, 0.3) is 5.91 Å². The Hall–Kier alpha value is -1.35. The summed E-state index contributed by atoms with van der Waals surface area (Å²) in [5.74, 6) is 0.738. The maximum Gasteiger partial charge on any atom is 0.251 e. The molecule has 3 N–H and O–H groups in total. The summed E-state index contributed by atoms with van der Waals surface area (Å²) < 4.78 is 0. The maximum atomic E-state index is 11.8. The van der Waals surface area contributed by atoms with Crippen molar-refractivity contribution < 1.29 is 4.79 Å². The highest BCUT2D eigenvalue weighted by Gasteiger charge is 2.27. The molecule has 2 rings (SSSR count). The molecule has 1 saturated heterocycles. The summed E-state index contributed by atoms with van der Waals surface area (Å²) in [6, 6.07) is 7.60. The van der Waals surface area contributed by atoms with Gasteiger partial charge in [-0.25, -0.2) is 4.99 Å². The minimum atomic E-state index is -0.0749. The maximum absolute atomic E-state index is 11.8. The normalized spacial score (nSPS) is 15.5. The van der Waals surface area contributed by atoms with Crippen LogP contribution in [0.3, 0.4) is 0 Å². The molecule has 1 aromatic carbocycles. The molecule has 1 aliphatic rings. The molecule has 0 bridgehead atoms. The van der Waals surface area contributed by atoms with Crippen LogP contribution in [0.25, 0.3) is 0 Å². The fourth-order valence-corrected chi connectivity index (χ4v) is 3.38. The van der Waals surface area contributed by atoms with Crippen LogP contribution in [0.5, 0.6) is 0 Å². The first-order chi connectivity index (χ1) is 13.0. The highest BCUT2D eigenvalue weighted by atomic mass is 127. The van der Waals surface area contributed by atoms with Crippen molar-refractivity contribution in [1.82, 2.24) is 20.9 Å². The second kappa shape index (κ2) is 12.3. The number of piperidine rings is 1. The summed E-state index contributed by atoms with van der Waals surface area (Å²) >= 11 is 0. The van der Waals surface area contributed by atoms with E-state index in [1.54, 1.807) is 7.05 Å².